The Morgan fingerprint density at radius 1 is 1.27 bits per heavy atom. The highest BCUT2D eigenvalue weighted by molar-refractivity contribution is 5.88. The van der Waals surface area contributed by atoms with Crippen LogP contribution in [0.4, 0.5) is 0 Å². The fourth-order valence-corrected chi connectivity index (χ4v) is 3.59. The van der Waals surface area contributed by atoms with Crippen molar-refractivity contribution >= 4 is 16.8 Å². The number of aromatic amines is 1. The van der Waals surface area contributed by atoms with E-state index in [1.54, 1.807) is 0 Å². The van der Waals surface area contributed by atoms with Gasteiger partial charge in [0.1, 0.15) is 0 Å². The normalized spacial score (nSPS) is 19.6. The lowest BCUT2D eigenvalue weighted by Gasteiger charge is -2.21. The molecule has 3 heteroatoms. The highest BCUT2D eigenvalue weighted by Gasteiger charge is 2.22. The first-order valence-electron chi connectivity index (χ1n) is 8.48. The van der Waals surface area contributed by atoms with Gasteiger partial charge in [-0.05, 0) is 42.7 Å². The number of H-pyrrole nitrogens is 1. The number of fused-ring (bicyclic) bond motifs is 1. The molecule has 1 fully saturated rings. The third kappa shape index (κ3) is 3.18. The van der Waals surface area contributed by atoms with Gasteiger partial charge in [0, 0.05) is 30.2 Å². The van der Waals surface area contributed by atoms with E-state index in [9.17, 15) is 4.79 Å². The number of benzene rings is 1. The van der Waals surface area contributed by atoms with E-state index < -0.39 is 0 Å². The number of rotatable bonds is 3. The average molecular weight is 298 g/mol. The zero-order valence-corrected chi connectivity index (χ0v) is 13.6. The first-order chi connectivity index (χ1) is 10.6. The van der Waals surface area contributed by atoms with E-state index >= 15 is 0 Å². The predicted octanol–water partition coefficient (Wildman–Crippen LogP) is 4.00. The average Bonchev–Trinajstić information content (AvgIpc) is 2.75. The number of amides is 1. The molecule has 3 nitrogen and oxygen atoms in total. The van der Waals surface area contributed by atoms with E-state index in [4.69, 9.17) is 0 Å². The third-order valence-electron chi connectivity index (χ3n) is 5.08. The van der Waals surface area contributed by atoms with Crippen LogP contribution in [0.25, 0.3) is 10.9 Å². The number of carbonyl (C=O) groups excluding carboxylic acids is 1. The van der Waals surface area contributed by atoms with Crippen molar-refractivity contribution in [2.24, 2.45) is 11.8 Å². The number of nitrogens with one attached hydrogen (secondary N) is 1. The first kappa shape index (κ1) is 15.1. The topological polar surface area (TPSA) is 36.1 Å². The molecule has 1 aromatic carbocycles. The van der Waals surface area contributed by atoms with Crippen molar-refractivity contribution in [1.82, 2.24) is 9.88 Å². The summed E-state index contributed by atoms with van der Waals surface area (Å²) >= 11 is 0. The zero-order valence-electron chi connectivity index (χ0n) is 13.6. The molecule has 0 saturated carbocycles. The number of para-hydroxylation sites is 1. The molecule has 2 heterocycles. The Kier molecular flexibility index (Phi) is 4.51. The molecule has 1 aliphatic rings. The van der Waals surface area contributed by atoms with Crippen LogP contribution in [-0.4, -0.2) is 28.9 Å². The number of aromatic nitrogens is 1. The minimum Gasteiger partial charge on any atom is -0.361 e. The van der Waals surface area contributed by atoms with Gasteiger partial charge in [-0.2, -0.15) is 0 Å². The standard InChI is InChI=1S/C19H26N2O/c1-14(2)15-6-5-10-21(11-9-15)19(22)12-16-13-20-18-8-4-3-7-17(16)18/h3-4,7-8,13-15,20H,5-6,9-12H2,1-2H3. The van der Waals surface area contributed by atoms with Crippen molar-refractivity contribution in [2.45, 2.75) is 39.5 Å². The molecule has 118 valence electrons. The fraction of sp³-hybridized carbons (Fsp3) is 0.526. The maximum Gasteiger partial charge on any atom is 0.227 e. The summed E-state index contributed by atoms with van der Waals surface area (Å²) in [5, 5.41) is 1.17. The van der Waals surface area contributed by atoms with Crippen molar-refractivity contribution in [3.8, 4) is 0 Å². The van der Waals surface area contributed by atoms with Gasteiger partial charge in [0.25, 0.3) is 0 Å². The Labute approximate surface area is 132 Å². The Morgan fingerprint density at radius 3 is 2.91 bits per heavy atom. The van der Waals surface area contributed by atoms with Crippen LogP contribution in [0.3, 0.4) is 0 Å². The minimum atomic E-state index is 0.272. The highest BCUT2D eigenvalue weighted by atomic mass is 16.2. The lowest BCUT2D eigenvalue weighted by Crippen LogP contribution is -2.33. The maximum absolute atomic E-state index is 12.7. The van der Waals surface area contributed by atoms with Crippen LogP contribution in [0.2, 0.25) is 0 Å². The molecule has 0 radical (unpaired) electrons. The van der Waals surface area contributed by atoms with Gasteiger partial charge in [-0.1, -0.05) is 32.0 Å². The molecule has 2 aromatic rings. The lowest BCUT2D eigenvalue weighted by atomic mass is 9.89. The van der Waals surface area contributed by atoms with Crippen molar-refractivity contribution in [2.75, 3.05) is 13.1 Å². The van der Waals surface area contributed by atoms with Gasteiger partial charge < -0.3 is 9.88 Å². The summed E-state index contributed by atoms with van der Waals surface area (Å²) in [6, 6.07) is 8.20. The molecule has 1 aromatic heterocycles. The van der Waals surface area contributed by atoms with Crippen LogP contribution < -0.4 is 0 Å². The molecule has 0 bridgehead atoms. The molecule has 1 unspecified atom stereocenters. The van der Waals surface area contributed by atoms with Gasteiger partial charge in [0.05, 0.1) is 6.42 Å². The van der Waals surface area contributed by atoms with Gasteiger partial charge >= 0.3 is 0 Å². The zero-order chi connectivity index (χ0) is 15.5. The number of carbonyl (C=O) groups is 1. The van der Waals surface area contributed by atoms with Gasteiger partial charge in [0.15, 0.2) is 0 Å². The maximum atomic E-state index is 12.7. The number of hydrogen-bond acceptors (Lipinski definition) is 1. The third-order valence-corrected chi connectivity index (χ3v) is 5.08. The van der Waals surface area contributed by atoms with Crippen LogP contribution in [0.5, 0.6) is 0 Å². The molecule has 1 saturated heterocycles. The second kappa shape index (κ2) is 6.55. The Bertz CT molecular complexity index is 644. The molecule has 1 aliphatic heterocycles. The quantitative estimate of drug-likeness (QED) is 0.913. The second-order valence-corrected chi connectivity index (χ2v) is 6.85. The van der Waals surface area contributed by atoms with E-state index in [1.165, 1.54) is 11.8 Å². The van der Waals surface area contributed by atoms with Gasteiger partial charge in [0.2, 0.25) is 5.91 Å². The predicted molar refractivity (Wildman–Crippen MR) is 90.8 cm³/mol. The van der Waals surface area contributed by atoms with Crippen LogP contribution in [-0.2, 0) is 11.2 Å². The van der Waals surface area contributed by atoms with Gasteiger partial charge in [-0.15, -0.1) is 0 Å². The summed E-state index contributed by atoms with van der Waals surface area (Å²) < 4.78 is 0. The Morgan fingerprint density at radius 2 is 2.09 bits per heavy atom. The summed E-state index contributed by atoms with van der Waals surface area (Å²) in [5.41, 5.74) is 2.23. The molecule has 1 atom stereocenters. The summed E-state index contributed by atoms with van der Waals surface area (Å²) in [4.78, 5) is 18.0. The van der Waals surface area contributed by atoms with Gasteiger partial charge in [-0.3, -0.25) is 4.79 Å². The minimum absolute atomic E-state index is 0.272. The largest absolute Gasteiger partial charge is 0.361 e. The van der Waals surface area contributed by atoms with Crippen LogP contribution >= 0.6 is 0 Å². The summed E-state index contributed by atoms with van der Waals surface area (Å²) in [7, 11) is 0. The molecule has 3 rings (SSSR count). The molecule has 0 aliphatic carbocycles. The van der Waals surface area contributed by atoms with Crippen molar-refractivity contribution in [3.63, 3.8) is 0 Å². The van der Waals surface area contributed by atoms with Crippen molar-refractivity contribution < 1.29 is 4.79 Å². The van der Waals surface area contributed by atoms with E-state index in [2.05, 4.69) is 35.9 Å². The number of nitrogens with zero attached hydrogens (tertiary/aromatic N) is 1. The smallest absolute Gasteiger partial charge is 0.227 e. The molecular formula is C19H26N2O. The molecule has 1 N–H and O–H groups in total. The van der Waals surface area contributed by atoms with E-state index in [0.29, 0.717) is 6.42 Å². The SMILES string of the molecule is CC(C)C1CCCN(C(=O)Cc2c[nH]c3ccccc23)CC1. The summed E-state index contributed by atoms with van der Waals surface area (Å²) in [6.45, 7) is 6.44. The molecule has 1 amide bonds. The monoisotopic (exact) mass is 298 g/mol. The van der Waals surface area contributed by atoms with E-state index in [-0.39, 0.29) is 5.91 Å². The number of likely N-dealkylation sites (tertiary alicyclic amines) is 1. The van der Waals surface area contributed by atoms with Crippen LogP contribution in [0, 0.1) is 11.8 Å². The summed E-state index contributed by atoms with van der Waals surface area (Å²) in [5.74, 6) is 1.77. The summed E-state index contributed by atoms with van der Waals surface area (Å²) in [6.07, 6.45) is 6.04. The second-order valence-electron chi connectivity index (χ2n) is 6.85. The van der Waals surface area contributed by atoms with Crippen LogP contribution in [0.1, 0.15) is 38.7 Å². The van der Waals surface area contributed by atoms with Crippen molar-refractivity contribution in [1.29, 1.82) is 0 Å². The molecule has 22 heavy (non-hydrogen) atoms. The molecular weight excluding hydrogens is 272 g/mol. The van der Waals surface area contributed by atoms with E-state index in [1.807, 2.05) is 18.3 Å². The first-order valence-corrected chi connectivity index (χ1v) is 8.48. The Hall–Kier alpha value is -1.77. The van der Waals surface area contributed by atoms with Gasteiger partial charge in [-0.25, -0.2) is 0 Å². The molecule has 0 spiro atoms. The highest BCUT2D eigenvalue weighted by Crippen LogP contribution is 2.25. The lowest BCUT2D eigenvalue weighted by molar-refractivity contribution is -0.130. The Balaban J connectivity index is 1.67. The number of hydrogen-bond donors (Lipinski definition) is 1. The fourth-order valence-electron chi connectivity index (χ4n) is 3.59. The van der Waals surface area contributed by atoms with Crippen LogP contribution in [0.15, 0.2) is 30.5 Å². The van der Waals surface area contributed by atoms with E-state index in [0.717, 1.165) is 48.8 Å². The van der Waals surface area contributed by atoms with Crippen molar-refractivity contribution in [3.05, 3.63) is 36.0 Å².